The van der Waals surface area contributed by atoms with Crippen LogP contribution in [0.3, 0.4) is 0 Å². The molecule has 1 heterocycles. The number of rotatable bonds is 5. The zero-order chi connectivity index (χ0) is 14.9. The lowest BCUT2D eigenvalue weighted by molar-refractivity contribution is 0.103. The first kappa shape index (κ1) is 17.0. The van der Waals surface area contributed by atoms with Gasteiger partial charge in [-0.25, -0.2) is 13.4 Å². The molecule has 1 N–H and O–H groups in total. The molecule has 0 bridgehead atoms. The summed E-state index contributed by atoms with van der Waals surface area (Å²) in [7, 11) is -3.60. The minimum atomic E-state index is -3.93. The van der Waals surface area contributed by atoms with Crippen molar-refractivity contribution in [2.75, 3.05) is 11.0 Å². The van der Waals surface area contributed by atoms with E-state index in [-0.39, 0.29) is 22.5 Å². The predicted octanol–water partition coefficient (Wildman–Crippen LogP) is 3.51. The van der Waals surface area contributed by atoms with E-state index in [1.807, 2.05) is 0 Å². The molecule has 0 aliphatic rings. The summed E-state index contributed by atoms with van der Waals surface area (Å²) in [6, 6.07) is 2.74. The maximum Gasteiger partial charge on any atom is 0.363 e. The molecular weight excluding hydrogens is 365 g/mol. The summed E-state index contributed by atoms with van der Waals surface area (Å²) in [6.07, 6.45) is 2.17. The number of anilines is 1. The first-order valence-corrected chi connectivity index (χ1v) is 8.33. The van der Waals surface area contributed by atoms with Gasteiger partial charge in [0.2, 0.25) is 13.7 Å². The van der Waals surface area contributed by atoms with Crippen LogP contribution in [0.15, 0.2) is 23.4 Å². The van der Waals surface area contributed by atoms with Crippen LogP contribution in [0.5, 0.6) is 0 Å². The van der Waals surface area contributed by atoms with Crippen LogP contribution in [0, 0.1) is 0 Å². The van der Waals surface area contributed by atoms with Gasteiger partial charge in [0.05, 0.1) is 11.9 Å². The van der Waals surface area contributed by atoms with Gasteiger partial charge in [-0.1, -0.05) is 35.0 Å². The highest BCUT2D eigenvalue weighted by molar-refractivity contribution is 8.03. The van der Waals surface area contributed by atoms with Crippen LogP contribution >= 0.6 is 46.6 Å². The summed E-state index contributed by atoms with van der Waals surface area (Å²) in [5.74, 6) is 0. The summed E-state index contributed by atoms with van der Waals surface area (Å²) in [5, 5.41) is -4.06. The molecule has 0 saturated carbocycles. The molecule has 0 atom stereocenters. The number of aromatic nitrogens is 1. The van der Waals surface area contributed by atoms with Crippen molar-refractivity contribution in [3.05, 3.63) is 18.3 Å². The van der Waals surface area contributed by atoms with E-state index in [1.165, 1.54) is 18.3 Å². The van der Waals surface area contributed by atoms with Gasteiger partial charge in [-0.3, -0.25) is 4.72 Å². The Kier molecular flexibility index (Phi) is 5.17. The molecule has 0 spiro atoms. The molecule has 1 aromatic heterocycles. The van der Waals surface area contributed by atoms with Crippen LogP contribution in [0.2, 0.25) is 0 Å². The van der Waals surface area contributed by atoms with Crippen molar-refractivity contribution in [3.8, 4) is 0 Å². The number of nitrogens with one attached hydrogen (secondary N) is 1. The Bertz CT molecular complexity index is 563. The molecule has 0 radical (unpaired) electrons. The van der Waals surface area contributed by atoms with Crippen molar-refractivity contribution in [1.29, 1.82) is 0 Å². The van der Waals surface area contributed by atoms with Crippen molar-refractivity contribution in [1.82, 2.24) is 4.98 Å². The molecule has 4 nitrogen and oxygen atoms in total. The SMILES string of the molecule is CS(=O)(=O)Nc1cccnc1SC(Cl)(Cl)C(F)(F)Cl. The van der Waals surface area contributed by atoms with E-state index in [2.05, 4.69) is 9.71 Å². The average molecular weight is 372 g/mol. The minimum absolute atomic E-state index is 0.0263. The number of pyridine rings is 1. The van der Waals surface area contributed by atoms with Crippen molar-refractivity contribution >= 4 is 62.3 Å². The van der Waals surface area contributed by atoms with Gasteiger partial charge < -0.3 is 0 Å². The smallest absolute Gasteiger partial charge is 0.281 e. The normalized spacial score (nSPS) is 13.4. The molecular formula is C8H7Cl3F2N2O2S2. The van der Waals surface area contributed by atoms with E-state index in [4.69, 9.17) is 34.8 Å². The van der Waals surface area contributed by atoms with Gasteiger partial charge in [-0.2, -0.15) is 8.78 Å². The lowest BCUT2D eigenvalue weighted by atomic mass is 10.4. The first-order chi connectivity index (χ1) is 8.42. The Morgan fingerprint density at radius 2 is 1.95 bits per heavy atom. The third-order valence-electron chi connectivity index (χ3n) is 1.62. The van der Waals surface area contributed by atoms with Gasteiger partial charge in [0, 0.05) is 6.20 Å². The van der Waals surface area contributed by atoms with E-state index in [0.29, 0.717) is 0 Å². The average Bonchev–Trinajstić information content (AvgIpc) is 2.16. The van der Waals surface area contributed by atoms with Crippen LogP contribution in [-0.4, -0.2) is 28.7 Å². The van der Waals surface area contributed by atoms with Gasteiger partial charge >= 0.3 is 5.38 Å². The third-order valence-corrected chi connectivity index (χ3v) is 4.77. The topological polar surface area (TPSA) is 59.1 Å². The Labute approximate surface area is 127 Å². The Balaban J connectivity index is 3.09. The second-order valence-electron chi connectivity index (χ2n) is 3.35. The van der Waals surface area contributed by atoms with Gasteiger partial charge in [0.15, 0.2) is 0 Å². The molecule has 1 rings (SSSR count). The van der Waals surface area contributed by atoms with Crippen molar-refractivity contribution in [2.45, 2.75) is 14.1 Å². The van der Waals surface area contributed by atoms with E-state index >= 15 is 0 Å². The number of sulfonamides is 1. The van der Waals surface area contributed by atoms with Gasteiger partial charge in [-0.15, -0.1) is 0 Å². The number of hydrogen-bond donors (Lipinski definition) is 1. The lowest BCUT2D eigenvalue weighted by Gasteiger charge is -2.23. The van der Waals surface area contributed by atoms with Gasteiger partial charge in [0.25, 0.3) is 0 Å². The monoisotopic (exact) mass is 370 g/mol. The Hall–Kier alpha value is -0.0200. The molecule has 19 heavy (non-hydrogen) atoms. The zero-order valence-corrected chi connectivity index (χ0v) is 13.1. The van der Waals surface area contributed by atoms with Crippen LogP contribution in [-0.2, 0) is 10.0 Å². The quantitative estimate of drug-likeness (QED) is 0.635. The van der Waals surface area contributed by atoms with E-state index in [1.54, 1.807) is 0 Å². The molecule has 0 amide bonds. The van der Waals surface area contributed by atoms with Crippen LogP contribution < -0.4 is 4.72 Å². The van der Waals surface area contributed by atoms with E-state index < -0.39 is 19.1 Å². The highest BCUT2D eigenvalue weighted by Gasteiger charge is 2.52. The third kappa shape index (κ3) is 5.11. The summed E-state index contributed by atoms with van der Waals surface area (Å²) >= 11 is 15.8. The fourth-order valence-electron chi connectivity index (χ4n) is 0.929. The molecule has 0 aliphatic heterocycles. The van der Waals surface area contributed by atoms with Crippen LogP contribution in [0.25, 0.3) is 0 Å². The number of halogens is 5. The highest BCUT2D eigenvalue weighted by Crippen LogP contribution is 2.53. The number of hydrogen-bond acceptors (Lipinski definition) is 4. The van der Waals surface area contributed by atoms with Gasteiger partial charge in [-0.05, 0) is 23.7 Å². The molecule has 0 aliphatic carbocycles. The fourth-order valence-corrected chi connectivity index (χ4v) is 2.81. The fraction of sp³-hybridized carbons (Fsp3) is 0.375. The molecule has 1 aromatic rings. The number of thioether (sulfide) groups is 1. The van der Waals surface area contributed by atoms with E-state index in [0.717, 1.165) is 6.26 Å². The van der Waals surface area contributed by atoms with Crippen molar-refractivity contribution < 1.29 is 17.2 Å². The maximum atomic E-state index is 13.0. The standard InChI is InChI=1S/C8H7Cl3F2N2O2S2/c1-19(16,17)15-5-3-2-4-14-6(5)18-7(9,10)8(11,12)13/h2-4,15H,1H3. The summed E-state index contributed by atoms with van der Waals surface area (Å²) in [4.78, 5) is 3.74. The van der Waals surface area contributed by atoms with E-state index in [9.17, 15) is 17.2 Å². The number of alkyl halides is 5. The second kappa shape index (κ2) is 5.77. The molecule has 108 valence electrons. The Morgan fingerprint density at radius 3 is 2.42 bits per heavy atom. The predicted molar refractivity (Wildman–Crippen MR) is 73.8 cm³/mol. The highest BCUT2D eigenvalue weighted by atomic mass is 35.5. The maximum absolute atomic E-state index is 13.0. The molecule has 0 fully saturated rings. The van der Waals surface area contributed by atoms with Crippen molar-refractivity contribution in [3.63, 3.8) is 0 Å². The van der Waals surface area contributed by atoms with Crippen LogP contribution in [0.1, 0.15) is 0 Å². The summed E-state index contributed by atoms with van der Waals surface area (Å²) in [5.41, 5.74) is -0.0263. The largest absolute Gasteiger partial charge is 0.363 e. The lowest BCUT2D eigenvalue weighted by Crippen LogP contribution is -2.29. The summed E-state index contributed by atoms with van der Waals surface area (Å²) < 4.78 is 47.6. The molecule has 11 heteroatoms. The Morgan fingerprint density at radius 1 is 1.37 bits per heavy atom. The molecule has 0 aromatic carbocycles. The first-order valence-electron chi connectivity index (χ1n) is 4.49. The second-order valence-corrected chi connectivity index (χ2v) is 8.55. The molecule has 0 unspecified atom stereocenters. The number of nitrogens with zero attached hydrogens (tertiary/aromatic N) is 1. The minimum Gasteiger partial charge on any atom is -0.281 e. The summed E-state index contributed by atoms with van der Waals surface area (Å²) in [6.45, 7) is 0. The van der Waals surface area contributed by atoms with Crippen molar-refractivity contribution in [2.24, 2.45) is 0 Å². The van der Waals surface area contributed by atoms with Crippen LogP contribution in [0.4, 0.5) is 14.5 Å². The molecule has 0 saturated heterocycles. The zero-order valence-electron chi connectivity index (χ0n) is 9.20. The van der Waals surface area contributed by atoms with Gasteiger partial charge in [0.1, 0.15) is 5.03 Å².